The van der Waals surface area contributed by atoms with Crippen LogP contribution >= 0.6 is 0 Å². The summed E-state index contributed by atoms with van der Waals surface area (Å²) in [5, 5.41) is 12.1. The summed E-state index contributed by atoms with van der Waals surface area (Å²) in [5.41, 5.74) is 1.91. The molecular formula is C21H20N2O2. The Kier molecular flexibility index (Phi) is 6.56. The van der Waals surface area contributed by atoms with E-state index in [0.717, 1.165) is 16.9 Å². The van der Waals surface area contributed by atoms with Gasteiger partial charge < -0.3 is 10.1 Å². The molecule has 4 heteroatoms. The molecule has 2 aromatic rings. The van der Waals surface area contributed by atoms with Crippen LogP contribution in [0.2, 0.25) is 0 Å². The van der Waals surface area contributed by atoms with Crippen molar-refractivity contribution in [2.45, 2.75) is 13.0 Å². The molecule has 126 valence electrons. The lowest BCUT2D eigenvalue weighted by atomic mass is 10.1. The Bertz CT molecular complexity index is 817. The third-order valence-electron chi connectivity index (χ3n) is 3.69. The van der Waals surface area contributed by atoms with E-state index in [1.807, 2.05) is 67.6 Å². The SMILES string of the molecule is COc1ccccc1/C=C/C=C(/C#N)C(=O)NC(C)c1ccccc1. The number of hydrogen-bond donors (Lipinski definition) is 1. The summed E-state index contributed by atoms with van der Waals surface area (Å²) < 4.78 is 5.26. The molecule has 0 aromatic heterocycles. The van der Waals surface area contributed by atoms with E-state index < -0.39 is 5.91 Å². The number of allylic oxidation sites excluding steroid dienone is 2. The van der Waals surface area contributed by atoms with E-state index >= 15 is 0 Å². The van der Waals surface area contributed by atoms with Crippen LogP contribution in [0.5, 0.6) is 5.75 Å². The van der Waals surface area contributed by atoms with E-state index in [0.29, 0.717) is 0 Å². The van der Waals surface area contributed by atoms with Crippen molar-refractivity contribution in [1.29, 1.82) is 5.26 Å². The summed E-state index contributed by atoms with van der Waals surface area (Å²) >= 11 is 0. The van der Waals surface area contributed by atoms with Crippen LogP contribution in [0, 0.1) is 11.3 Å². The lowest BCUT2D eigenvalue weighted by molar-refractivity contribution is -0.117. The number of amides is 1. The Morgan fingerprint density at radius 3 is 2.52 bits per heavy atom. The first-order chi connectivity index (χ1) is 12.2. The number of ether oxygens (including phenoxy) is 1. The fourth-order valence-corrected chi connectivity index (χ4v) is 2.32. The molecule has 1 N–H and O–H groups in total. The molecule has 0 aliphatic carbocycles. The van der Waals surface area contributed by atoms with Gasteiger partial charge in [0.05, 0.1) is 13.2 Å². The number of carbonyl (C=O) groups is 1. The fourth-order valence-electron chi connectivity index (χ4n) is 2.32. The molecule has 0 bridgehead atoms. The van der Waals surface area contributed by atoms with Crippen molar-refractivity contribution < 1.29 is 9.53 Å². The van der Waals surface area contributed by atoms with Gasteiger partial charge in [-0.05, 0) is 24.6 Å². The number of hydrogen-bond acceptors (Lipinski definition) is 3. The van der Waals surface area contributed by atoms with E-state index in [2.05, 4.69) is 5.32 Å². The van der Waals surface area contributed by atoms with Gasteiger partial charge >= 0.3 is 0 Å². The Morgan fingerprint density at radius 2 is 1.84 bits per heavy atom. The average molecular weight is 332 g/mol. The molecule has 25 heavy (non-hydrogen) atoms. The minimum Gasteiger partial charge on any atom is -0.496 e. The van der Waals surface area contributed by atoms with Crippen molar-refractivity contribution in [3.63, 3.8) is 0 Å². The number of methoxy groups -OCH3 is 1. The van der Waals surface area contributed by atoms with Crippen LogP contribution in [-0.2, 0) is 4.79 Å². The van der Waals surface area contributed by atoms with Crippen molar-refractivity contribution in [3.8, 4) is 11.8 Å². The quantitative estimate of drug-likeness (QED) is 0.493. The highest BCUT2D eigenvalue weighted by Gasteiger charge is 2.12. The summed E-state index contributed by atoms with van der Waals surface area (Å²) in [4.78, 5) is 12.3. The molecule has 0 aliphatic heterocycles. The van der Waals surface area contributed by atoms with Gasteiger partial charge in [0.15, 0.2) is 0 Å². The Hall–Kier alpha value is -3.32. The van der Waals surface area contributed by atoms with Gasteiger partial charge in [-0.1, -0.05) is 60.7 Å². The Balaban J connectivity index is 2.08. The molecule has 2 rings (SSSR count). The van der Waals surface area contributed by atoms with Crippen molar-refractivity contribution in [3.05, 3.63) is 83.4 Å². The second kappa shape index (κ2) is 9.09. The van der Waals surface area contributed by atoms with Crippen LogP contribution in [0.1, 0.15) is 24.1 Å². The number of nitrogens with one attached hydrogen (secondary N) is 1. The minimum absolute atomic E-state index is 0.0499. The number of para-hydroxylation sites is 1. The zero-order valence-corrected chi connectivity index (χ0v) is 14.3. The van der Waals surface area contributed by atoms with E-state index in [1.165, 1.54) is 6.08 Å². The third kappa shape index (κ3) is 5.08. The predicted molar refractivity (Wildman–Crippen MR) is 98.7 cm³/mol. The summed E-state index contributed by atoms with van der Waals surface area (Å²) in [6, 6.07) is 18.9. The maximum absolute atomic E-state index is 12.3. The number of nitrogens with zero attached hydrogens (tertiary/aromatic N) is 1. The van der Waals surface area contributed by atoms with Gasteiger partial charge in [0.25, 0.3) is 5.91 Å². The maximum atomic E-state index is 12.3. The van der Waals surface area contributed by atoms with Gasteiger partial charge in [-0.2, -0.15) is 5.26 Å². The number of carbonyl (C=O) groups excluding carboxylic acids is 1. The minimum atomic E-state index is -0.400. The first kappa shape index (κ1) is 18.0. The van der Waals surface area contributed by atoms with Crippen molar-refractivity contribution in [2.24, 2.45) is 0 Å². The van der Waals surface area contributed by atoms with Crippen LogP contribution < -0.4 is 10.1 Å². The van der Waals surface area contributed by atoms with Crippen molar-refractivity contribution in [2.75, 3.05) is 7.11 Å². The second-order valence-corrected chi connectivity index (χ2v) is 5.40. The Labute approximate surface area is 148 Å². The summed E-state index contributed by atoms with van der Waals surface area (Å²) in [7, 11) is 1.60. The van der Waals surface area contributed by atoms with Crippen LogP contribution in [0.15, 0.2) is 72.3 Å². The van der Waals surface area contributed by atoms with Crippen LogP contribution in [-0.4, -0.2) is 13.0 Å². The summed E-state index contributed by atoms with van der Waals surface area (Å²) in [5.74, 6) is 0.330. The van der Waals surface area contributed by atoms with Gasteiger partial charge in [0.2, 0.25) is 0 Å². The Morgan fingerprint density at radius 1 is 1.16 bits per heavy atom. The molecule has 0 aliphatic rings. The zero-order chi connectivity index (χ0) is 18.1. The lowest BCUT2D eigenvalue weighted by Crippen LogP contribution is -2.27. The van der Waals surface area contributed by atoms with Crippen LogP contribution in [0.25, 0.3) is 6.08 Å². The maximum Gasteiger partial charge on any atom is 0.262 e. The topological polar surface area (TPSA) is 62.1 Å². The molecule has 0 radical (unpaired) electrons. The average Bonchev–Trinajstić information content (AvgIpc) is 2.66. The number of rotatable bonds is 6. The van der Waals surface area contributed by atoms with E-state index in [4.69, 9.17) is 4.74 Å². The molecule has 0 spiro atoms. The highest BCUT2D eigenvalue weighted by atomic mass is 16.5. The summed E-state index contributed by atoms with van der Waals surface area (Å²) in [6.07, 6.45) is 4.97. The molecule has 1 atom stereocenters. The molecular weight excluding hydrogens is 312 g/mol. The molecule has 1 amide bonds. The normalized spacial score (nSPS) is 12.4. The van der Waals surface area contributed by atoms with Gasteiger partial charge in [0, 0.05) is 5.56 Å². The van der Waals surface area contributed by atoms with Crippen LogP contribution in [0.4, 0.5) is 0 Å². The van der Waals surface area contributed by atoms with Gasteiger partial charge in [0.1, 0.15) is 17.4 Å². The van der Waals surface area contributed by atoms with Crippen molar-refractivity contribution in [1.82, 2.24) is 5.32 Å². The van der Waals surface area contributed by atoms with Gasteiger partial charge in [-0.3, -0.25) is 4.79 Å². The number of nitriles is 1. The fraction of sp³-hybridized carbons (Fsp3) is 0.143. The highest BCUT2D eigenvalue weighted by molar-refractivity contribution is 5.97. The van der Waals surface area contributed by atoms with E-state index in [1.54, 1.807) is 19.3 Å². The van der Waals surface area contributed by atoms with Crippen LogP contribution in [0.3, 0.4) is 0 Å². The highest BCUT2D eigenvalue weighted by Crippen LogP contribution is 2.18. The zero-order valence-electron chi connectivity index (χ0n) is 14.3. The lowest BCUT2D eigenvalue weighted by Gasteiger charge is -2.13. The van der Waals surface area contributed by atoms with Gasteiger partial charge in [-0.25, -0.2) is 0 Å². The predicted octanol–water partition coefficient (Wildman–Crippen LogP) is 4.04. The monoisotopic (exact) mass is 332 g/mol. The second-order valence-electron chi connectivity index (χ2n) is 5.40. The first-order valence-electron chi connectivity index (χ1n) is 7.93. The molecule has 1 unspecified atom stereocenters. The molecule has 4 nitrogen and oxygen atoms in total. The van der Waals surface area contributed by atoms with E-state index in [-0.39, 0.29) is 11.6 Å². The molecule has 0 fully saturated rings. The molecule has 0 saturated heterocycles. The largest absolute Gasteiger partial charge is 0.496 e. The summed E-state index contributed by atoms with van der Waals surface area (Å²) in [6.45, 7) is 1.88. The molecule has 0 heterocycles. The molecule has 0 saturated carbocycles. The smallest absolute Gasteiger partial charge is 0.262 e. The van der Waals surface area contributed by atoms with E-state index in [9.17, 15) is 10.1 Å². The first-order valence-corrected chi connectivity index (χ1v) is 7.93. The standard InChI is InChI=1S/C21H20N2O2/c1-16(17-9-4-3-5-10-17)23-21(24)19(15-22)13-8-12-18-11-6-7-14-20(18)25-2/h3-14,16H,1-2H3,(H,23,24)/b12-8+,19-13-. The van der Waals surface area contributed by atoms with Gasteiger partial charge in [-0.15, -0.1) is 0 Å². The molecule has 2 aromatic carbocycles. The van der Waals surface area contributed by atoms with Crippen molar-refractivity contribution >= 4 is 12.0 Å². The number of benzene rings is 2. The third-order valence-corrected chi connectivity index (χ3v) is 3.69.